The normalized spacial score (nSPS) is 19.8. The van der Waals surface area contributed by atoms with Crippen molar-refractivity contribution in [1.29, 1.82) is 0 Å². The maximum atomic E-state index is 12.1. The van der Waals surface area contributed by atoms with Crippen LogP contribution in [0.3, 0.4) is 0 Å². The molecule has 18 heavy (non-hydrogen) atoms. The van der Waals surface area contributed by atoms with Crippen molar-refractivity contribution in [3.8, 4) is 0 Å². The molecule has 0 aliphatic carbocycles. The van der Waals surface area contributed by atoms with Gasteiger partial charge >= 0.3 is 0 Å². The molecule has 2 heterocycles. The Bertz CT molecular complexity index is 475. The van der Waals surface area contributed by atoms with E-state index in [-0.39, 0.29) is 17.3 Å². The molecule has 6 nitrogen and oxygen atoms in total. The van der Waals surface area contributed by atoms with E-state index in [1.807, 2.05) is 0 Å². The molecule has 1 aliphatic heterocycles. The van der Waals surface area contributed by atoms with Crippen molar-refractivity contribution in [3.63, 3.8) is 0 Å². The fourth-order valence-electron chi connectivity index (χ4n) is 2.05. The van der Waals surface area contributed by atoms with Gasteiger partial charge in [-0.15, -0.1) is 12.4 Å². The molecule has 0 aromatic carbocycles. The van der Waals surface area contributed by atoms with Gasteiger partial charge in [0.15, 0.2) is 5.76 Å². The van der Waals surface area contributed by atoms with Gasteiger partial charge in [-0.05, 0) is 39.3 Å². The number of halogens is 1. The highest BCUT2D eigenvalue weighted by Gasteiger charge is 2.25. The average Bonchev–Trinajstić information content (AvgIpc) is 2.86. The van der Waals surface area contributed by atoms with Gasteiger partial charge in [-0.2, -0.15) is 0 Å². The Morgan fingerprint density at radius 1 is 1.50 bits per heavy atom. The lowest BCUT2D eigenvalue weighted by Crippen LogP contribution is -2.30. The maximum Gasteiger partial charge on any atom is 0.245 e. The van der Waals surface area contributed by atoms with Crippen molar-refractivity contribution in [1.82, 2.24) is 15.2 Å². The third-order valence-electron chi connectivity index (χ3n) is 2.96. The lowest BCUT2D eigenvalue weighted by atomic mass is 10.1. The molecule has 0 amide bonds. The van der Waals surface area contributed by atoms with Crippen LogP contribution in [0.25, 0.3) is 0 Å². The van der Waals surface area contributed by atoms with Crippen LogP contribution in [0, 0.1) is 19.8 Å². The molecule has 2 rings (SSSR count). The summed E-state index contributed by atoms with van der Waals surface area (Å²) in [6.45, 7) is 5.51. The van der Waals surface area contributed by atoms with E-state index in [2.05, 4.69) is 15.2 Å². The first kappa shape index (κ1) is 15.4. The first-order chi connectivity index (χ1) is 8.00. The molecule has 1 fully saturated rings. The van der Waals surface area contributed by atoms with Crippen LogP contribution in [0.4, 0.5) is 0 Å². The quantitative estimate of drug-likeness (QED) is 0.850. The molecular formula is C10H18ClN3O3S. The minimum Gasteiger partial charge on any atom is -0.360 e. The molecule has 8 heteroatoms. The summed E-state index contributed by atoms with van der Waals surface area (Å²) in [5.74, 6) is 0.699. The lowest BCUT2D eigenvalue weighted by Gasteiger charge is -2.10. The maximum absolute atomic E-state index is 12.1. The molecule has 1 aliphatic rings. The van der Waals surface area contributed by atoms with Crippen molar-refractivity contribution >= 4 is 22.4 Å². The fraction of sp³-hybridized carbons (Fsp3) is 0.700. The van der Waals surface area contributed by atoms with Crippen LogP contribution in [-0.4, -0.2) is 33.2 Å². The number of hydrogen-bond acceptors (Lipinski definition) is 5. The molecule has 1 atom stereocenters. The van der Waals surface area contributed by atoms with Crippen molar-refractivity contribution in [3.05, 3.63) is 11.5 Å². The molecule has 0 saturated carbocycles. The highest BCUT2D eigenvalue weighted by molar-refractivity contribution is 7.89. The molecule has 0 bridgehead atoms. The van der Waals surface area contributed by atoms with E-state index in [0.717, 1.165) is 19.5 Å². The number of aryl methyl sites for hydroxylation is 2. The van der Waals surface area contributed by atoms with Crippen LogP contribution in [0.15, 0.2) is 9.42 Å². The Morgan fingerprint density at radius 2 is 2.22 bits per heavy atom. The molecule has 0 spiro atoms. The minimum absolute atomic E-state index is 0. The van der Waals surface area contributed by atoms with Crippen LogP contribution in [0.1, 0.15) is 17.9 Å². The van der Waals surface area contributed by atoms with Crippen molar-refractivity contribution < 1.29 is 12.9 Å². The predicted molar refractivity (Wildman–Crippen MR) is 69.4 cm³/mol. The zero-order valence-electron chi connectivity index (χ0n) is 10.4. The van der Waals surface area contributed by atoms with Crippen LogP contribution in [-0.2, 0) is 10.0 Å². The summed E-state index contributed by atoms with van der Waals surface area (Å²) in [5, 5.41) is 6.86. The number of hydrogen-bond donors (Lipinski definition) is 2. The number of sulfonamides is 1. The van der Waals surface area contributed by atoms with E-state index in [9.17, 15) is 8.42 Å². The van der Waals surface area contributed by atoms with Crippen LogP contribution < -0.4 is 10.0 Å². The summed E-state index contributed by atoms with van der Waals surface area (Å²) in [4.78, 5) is 0.170. The average molecular weight is 296 g/mol. The first-order valence-corrected chi connectivity index (χ1v) is 7.12. The Hall–Kier alpha value is -0.630. The van der Waals surface area contributed by atoms with Gasteiger partial charge in [0.1, 0.15) is 10.6 Å². The molecule has 1 unspecified atom stereocenters. The van der Waals surface area contributed by atoms with Crippen molar-refractivity contribution in [2.24, 2.45) is 5.92 Å². The van der Waals surface area contributed by atoms with Gasteiger partial charge < -0.3 is 9.84 Å². The van der Waals surface area contributed by atoms with Crippen molar-refractivity contribution in [2.75, 3.05) is 19.6 Å². The molecule has 1 saturated heterocycles. The topological polar surface area (TPSA) is 84.2 Å². The molecule has 2 N–H and O–H groups in total. The summed E-state index contributed by atoms with van der Waals surface area (Å²) in [6.07, 6.45) is 1.00. The summed E-state index contributed by atoms with van der Waals surface area (Å²) >= 11 is 0. The highest BCUT2D eigenvalue weighted by atomic mass is 35.5. The standard InChI is InChI=1S/C10H17N3O3S.ClH/c1-7-10(8(2)16-13-7)17(14,15)12-6-9-3-4-11-5-9;/h9,11-12H,3-6H2,1-2H3;1H. The third-order valence-corrected chi connectivity index (χ3v) is 4.63. The monoisotopic (exact) mass is 295 g/mol. The predicted octanol–water partition coefficient (Wildman–Crippen LogP) is 0.601. The van der Waals surface area contributed by atoms with Gasteiger partial charge in [0.25, 0.3) is 0 Å². The Labute approximate surface area is 113 Å². The number of rotatable bonds is 4. The second kappa shape index (κ2) is 6.01. The van der Waals surface area contributed by atoms with E-state index in [0.29, 0.717) is 23.9 Å². The van der Waals surface area contributed by atoms with Gasteiger partial charge in [0, 0.05) is 6.54 Å². The Kier molecular flexibility index (Phi) is 5.15. The van der Waals surface area contributed by atoms with E-state index < -0.39 is 10.0 Å². The van der Waals surface area contributed by atoms with E-state index in [1.165, 1.54) is 0 Å². The van der Waals surface area contributed by atoms with E-state index in [4.69, 9.17) is 4.52 Å². The van der Waals surface area contributed by atoms with Gasteiger partial charge in [-0.25, -0.2) is 13.1 Å². The van der Waals surface area contributed by atoms with Gasteiger partial charge in [-0.3, -0.25) is 0 Å². The number of nitrogens with zero attached hydrogens (tertiary/aromatic N) is 1. The van der Waals surface area contributed by atoms with Crippen LogP contribution >= 0.6 is 12.4 Å². The summed E-state index contributed by atoms with van der Waals surface area (Å²) in [6, 6.07) is 0. The number of nitrogens with one attached hydrogen (secondary N) is 2. The van der Waals surface area contributed by atoms with Crippen LogP contribution in [0.2, 0.25) is 0 Å². The van der Waals surface area contributed by atoms with Gasteiger partial charge in [-0.1, -0.05) is 5.16 Å². The van der Waals surface area contributed by atoms with E-state index >= 15 is 0 Å². The molecule has 104 valence electrons. The lowest BCUT2D eigenvalue weighted by molar-refractivity contribution is 0.390. The summed E-state index contributed by atoms with van der Waals surface area (Å²) in [7, 11) is -3.50. The largest absolute Gasteiger partial charge is 0.360 e. The smallest absolute Gasteiger partial charge is 0.245 e. The zero-order valence-corrected chi connectivity index (χ0v) is 12.0. The molecule has 1 aromatic heterocycles. The molecular weight excluding hydrogens is 278 g/mol. The van der Waals surface area contributed by atoms with Gasteiger partial charge in [0.05, 0.1) is 0 Å². The van der Waals surface area contributed by atoms with Crippen molar-refractivity contribution in [2.45, 2.75) is 25.2 Å². The fourth-order valence-corrected chi connectivity index (χ4v) is 3.49. The Balaban J connectivity index is 0.00000162. The highest BCUT2D eigenvalue weighted by Crippen LogP contribution is 2.19. The second-order valence-corrected chi connectivity index (χ2v) is 6.07. The molecule has 0 radical (unpaired) electrons. The summed E-state index contributed by atoms with van der Waals surface area (Å²) in [5.41, 5.74) is 0.402. The third kappa shape index (κ3) is 3.23. The first-order valence-electron chi connectivity index (χ1n) is 5.64. The Morgan fingerprint density at radius 3 is 2.72 bits per heavy atom. The summed E-state index contributed by atoms with van der Waals surface area (Å²) < 4.78 is 31.6. The van der Waals surface area contributed by atoms with E-state index in [1.54, 1.807) is 13.8 Å². The second-order valence-electron chi connectivity index (χ2n) is 4.36. The SMILES string of the molecule is Cc1noc(C)c1S(=O)(=O)NCC1CCNC1.Cl. The zero-order chi connectivity index (χ0) is 12.5. The minimum atomic E-state index is -3.50. The van der Waals surface area contributed by atoms with Gasteiger partial charge in [0.2, 0.25) is 10.0 Å². The van der Waals surface area contributed by atoms with Crippen LogP contribution in [0.5, 0.6) is 0 Å². The number of aromatic nitrogens is 1. The molecule has 1 aromatic rings.